The van der Waals surface area contributed by atoms with Crippen molar-refractivity contribution in [2.24, 2.45) is 28.6 Å². The molecule has 3 fully saturated rings. The number of rotatable bonds is 2. The van der Waals surface area contributed by atoms with Crippen LogP contribution in [0.15, 0.2) is 11.6 Å². The van der Waals surface area contributed by atoms with E-state index in [0.717, 1.165) is 31.3 Å². The highest BCUT2D eigenvalue weighted by molar-refractivity contribution is 5.69. The third-order valence-electron chi connectivity index (χ3n) is 8.13. The van der Waals surface area contributed by atoms with E-state index >= 15 is 0 Å². The van der Waals surface area contributed by atoms with Crippen LogP contribution in [0.5, 0.6) is 0 Å². The zero-order valence-corrected chi connectivity index (χ0v) is 16.1. The van der Waals surface area contributed by atoms with E-state index in [1.807, 2.05) is 6.92 Å². The molecule has 3 aliphatic carbocycles. The SMILES string of the molecule is CCC(=O)O[C@H]1CCC2C3C(O)CC4=C[C@@H](O)OC[C@]4(C)C3CC[C@@]21C. The number of carbonyl (C=O) groups excluding carboxylic acids is 1. The van der Waals surface area contributed by atoms with E-state index in [0.29, 0.717) is 31.3 Å². The first-order chi connectivity index (χ1) is 12.3. The van der Waals surface area contributed by atoms with Gasteiger partial charge in [0.25, 0.3) is 0 Å². The van der Waals surface area contributed by atoms with E-state index in [9.17, 15) is 15.0 Å². The molecule has 0 radical (unpaired) electrons. The first kappa shape index (κ1) is 18.5. The Bertz CT molecular complexity index is 616. The Morgan fingerprint density at radius 3 is 2.77 bits per heavy atom. The van der Waals surface area contributed by atoms with Gasteiger partial charge in [0.15, 0.2) is 6.29 Å². The third kappa shape index (κ3) is 2.58. The van der Waals surface area contributed by atoms with Crippen LogP contribution in [0.4, 0.5) is 0 Å². The van der Waals surface area contributed by atoms with Gasteiger partial charge in [-0.2, -0.15) is 0 Å². The average molecular weight is 364 g/mol. The lowest BCUT2D eigenvalue weighted by molar-refractivity contribution is -0.174. The lowest BCUT2D eigenvalue weighted by Gasteiger charge is -2.59. The van der Waals surface area contributed by atoms with Crippen LogP contribution in [-0.4, -0.2) is 41.3 Å². The quantitative estimate of drug-likeness (QED) is 0.582. The Labute approximate surface area is 155 Å². The number of carbonyl (C=O) groups is 1. The van der Waals surface area contributed by atoms with Gasteiger partial charge in [-0.05, 0) is 55.9 Å². The Hall–Kier alpha value is -0.910. The second kappa shape index (κ2) is 6.32. The average Bonchev–Trinajstić information content (AvgIpc) is 2.93. The van der Waals surface area contributed by atoms with Gasteiger partial charge in [-0.3, -0.25) is 4.79 Å². The normalized spacial score (nSPS) is 50.3. The van der Waals surface area contributed by atoms with Gasteiger partial charge in [0.05, 0.1) is 12.7 Å². The smallest absolute Gasteiger partial charge is 0.305 e. The number of hydrogen-bond donors (Lipinski definition) is 2. The van der Waals surface area contributed by atoms with Crippen molar-refractivity contribution in [1.82, 2.24) is 0 Å². The summed E-state index contributed by atoms with van der Waals surface area (Å²) in [5.41, 5.74) is 1.00. The Morgan fingerprint density at radius 2 is 2.04 bits per heavy atom. The number of aliphatic hydroxyl groups excluding tert-OH is 2. The number of aliphatic hydroxyl groups is 2. The van der Waals surface area contributed by atoms with E-state index in [1.165, 1.54) is 0 Å². The number of fused-ring (bicyclic) bond motifs is 5. The van der Waals surface area contributed by atoms with Gasteiger partial charge in [0.1, 0.15) is 6.10 Å². The molecule has 4 rings (SSSR count). The van der Waals surface area contributed by atoms with Gasteiger partial charge in [-0.25, -0.2) is 0 Å². The minimum atomic E-state index is -0.847. The molecule has 0 aromatic heterocycles. The minimum Gasteiger partial charge on any atom is -0.462 e. The van der Waals surface area contributed by atoms with Crippen molar-refractivity contribution in [2.45, 2.75) is 77.8 Å². The van der Waals surface area contributed by atoms with Crippen LogP contribution in [0, 0.1) is 28.6 Å². The number of hydrogen-bond acceptors (Lipinski definition) is 5. The molecular weight excluding hydrogens is 332 g/mol. The molecule has 26 heavy (non-hydrogen) atoms. The van der Waals surface area contributed by atoms with Crippen LogP contribution in [0.3, 0.4) is 0 Å². The van der Waals surface area contributed by atoms with Gasteiger partial charge in [-0.15, -0.1) is 0 Å². The zero-order chi connectivity index (χ0) is 18.7. The summed E-state index contributed by atoms with van der Waals surface area (Å²) in [5.74, 6) is 0.815. The molecule has 8 atom stereocenters. The monoisotopic (exact) mass is 364 g/mol. The summed E-state index contributed by atoms with van der Waals surface area (Å²) in [6, 6.07) is 0. The Morgan fingerprint density at radius 1 is 1.27 bits per heavy atom. The second-order valence-electron chi connectivity index (χ2n) is 9.33. The van der Waals surface area contributed by atoms with Crippen LogP contribution in [0.25, 0.3) is 0 Å². The summed E-state index contributed by atoms with van der Waals surface area (Å²) >= 11 is 0. The van der Waals surface area contributed by atoms with Crippen molar-refractivity contribution in [3.8, 4) is 0 Å². The standard InChI is InChI=1S/C21H32O5/c1-4-17(23)26-16-6-5-13-19-14(7-8-20(13,16)2)21(3)11-25-18(24)10-12(21)9-15(19)22/h10,13-16,18-19,22,24H,4-9,11H2,1-3H3/t13?,14?,15?,16-,18-,19?,20-,21-/m0/s1. The molecule has 146 valence electrons. The first-order valence-electron chi connectivity index (χ1n) is 10.2. The van der Waals surface area contributed by atoms with E-state index in [4.69, 9.17) is 9.47 Å². The molecule has 1 heterocycles. The third-order valence-corrected chi connectivity index (χ3v) is 8.13. The molecule has 3 saturated carbocycles. The van der Waals surface area contributed by atoms with Crippen molar-refractivity contribution in [2.75, 3.05) is 6.61 Å². The molecule has 2 N–H and O–H groups in total. The summed E-state index contributed by atoms with van der Waals surface area (Å²) in [7, 11) is 0. The summed E-state index contributed by atoms with van der Waals surface area (Å²) in [6.45, 7) is 6.85. The molecule has 4 unspecified atom stereocenters. The molecule has 5 nitrogen and oxygen atoms in total. The van der Waals surface area contributed by atoms with Gasteiger partial charge in [0, 0.05) is 17.3 Å². The highest BCUT2D eigenvalue weighted by Crippen LogP contribution is 2.64. The molecule has 0 saturated heterocycles. The van der Waals surface area contributed by atoms with Crippen molar-refractivity contribution in [3.05, 3.63) is 11.6 Å². The minimum absolute atomic E-state index is 0.0257. The van der Waals surface area contributed by atoms with Crippen LogP contribution >= 0.6 is 0 Å². The largest absolute Gasteiger partial charge is 0.462 e. The molecule has 4 aliphatic rings. The first-order valence-corrected chi connectivity index (χ1v) is 10.2. The second-order valence-corrected chi connectivity index (χ2v) is 9.33. The summed E-state index contributed by atoms with van der Waals surface area (Å²) in [6.07, 6.45) is 5.49. The summed E-state index contributed by atoms with van der Waals surface area (Å²) in [5, 5.41) is 20.9. The Kier molecular flexibility index (Phi) is 4.48. The predicted molar refractivity (Wildman–Crippen MR) is 96.0 cm³/mol. The molecule has 1 aliphatic heterocycles. The van der Waals surface area contributed by atoms with Gasteiger partial charge >= 0.3 is 5.97 Å². The topological polar surface area (TPSA) is 76.0 Å². The molecule has 0 aromatic carbocycles. The van der Waals surface area contributed by atoms with Crippen molar-refractivity contribution < 1.29 is 24.5 Å². The van der Waals surface area contributed by atoms with Crippen molar-refractivity contribution in [1.29, 1.82) is 0 Å². The maximum atomic E-state index is 11.9. The zero-order valence-electron chi connectivity index (χ0n) is 16.1. The van der Waals surface area contributed by atoms with Crippen molar-refractivity contribution >= 4 is 5.97 Å². The summed E-state index contributed by atoms with van der Waals surface area (Å²) in [4.78, 5) is 11.9. The van der Waals surface area contributed by atoms with Gasteiger partial charge < -0.3 is 19.7 Å². The van der Waals surface area contributed by atoms with E-state index < -0.39 is 12.4 Å². The molecular formula is C21H32O5. The van der Waals surface area contributed by atoms with Crippen LogP contribution in [-0.2, 0) is 14.3 Å². The van der Waals surface area contributed by atoms with Crippen LogP contribution < -0.4 is 0 Å². The summed E-state index contributed by atoms with van der Waals surface area (Å²) < 4.78 is 11.4. The molecule has 0 spiro atoms. The van der Waals surface area contributed by atoms with E-state index in [2.05, 4.69) is 13.8 Å². The maximum absolute atomic E-state index is 11.9. The molecule has 5 heteroatoms. The van der Waals surface area contributed by atoms with Crippen molar-refractivity contribution in [3.63, 3.8) is 0 Å². The number of ether oxygens (including phenoxy) is 2. The predicted octanol–water partition coefficient (Wildman–Crippen LogP) is 2.80. The van der Waals surface area contributed by atoms with E-state index in [-0.39, 0.29) is 28.8 Å². The Balaban J connectivity index is 1.63. The highest BCUT2D eigenvalue weighted by atomic mass is 16.6. The fourth-order valence-electron chi connectivity index (χ4n) is 6.63. The molecule has 0 aromatic rings. The van der Waals surface area contributed by atoms with Gasteiger partial charge in [-0.1, -0.05) is 26.3 Å². The lowest BCUT2D eigenvalue weighted by Crippen LogP contribution is -2.57. The van der Waals surface area contributed by atoms with Crippen LogP contribution in [0.2, 0.25) is 0 Å². The number of esters is 1. The van der Waals surface area contributed by atoms with E-state index in [1.54, 1.807) is 6.08 Å². The highest BCUT2D eigenvalue weighted by Gasteiger charge is 2.62. The fraction of sp³-hybridized carbons (Fsp3) is 0.857. The molecule has 0 amide bonds. The lowest BCUT2D eigenvalue weighted by atomic mass is 9.48. The van der Waals surface area contributed by atoms with Gasteiger partial charge in [0.2, 0.25) is 0 Å². The maximum Gasteiger partial charge on any atom is 0.305 e. The van der Waals surface area contributed by atoms with Crippen LogP contribution in [0.1, 0.15) is 59.3 Å². The fourth-order valence-corrected chi connectivity index (χ4v) is 6.63. The molecule has 0 bridgehead atoms.